The van der Waals surface area contributed by atoms with E-state index < -0.39 is 0 Å². The normalized spacial score (nSPS) is 11.8. The first kappa shape index (κ1) is 22.8. The van der Waals surface area contributed by atoms with E-state index in [1.54, 1.807) is 7.05 Å². The lowest BCUT2D eigenvalue weighted by Gasteiger charge is -2.26. The first-order chi connectivity index (χ1) is 11.9. The van der Waals surface area contributed by atoms with Crippen molar-refractivity contribution in [2.24, 2.45) is 17.5 Å². The standard InChI is InChI=1S/C19H28ClN5.HI/c1-19(2,11-15-6-5-7-17(20)10-15)14-23-18(21-3)22-9-8-16-12-24-25(4)13-16;/h5-7,10,12-13H,8-9,11,14H2,1-4H3,(H2,21,22,23);1H. The fraction of sp³-hybridized carbons (Fsp3) is 0.474. The molecule has 1 aromatic carbocycles. The van der Waals surface area contributed by atoms with Crippen molar-refractivity contribution in [1.29, 1.82) is 0 Å². The van der Waals surface area contributed by atoms with Crippen LogP contribution < -0.4 is 10.6 Å². The highest BCUT2D eigenvalue weighted by Gasteiger charge is 2.19. The van der Waals surface area contributed by atoms with Crippen molar-refractivity contribution in [2.45, 2.75) is 26.7 Å². The van der Waals surface area contributed by atoms with E-state index in [0.717, 1.165) is 36.9 Å². The molecular formula is C19H29ClIN5. The second-order valence-electron chi connectivity index (χ2n) is 7.10. The lowest BCUT2D eigenvalue weighted by atomic mass is 9.86. The van der Waals surface area contributed by atoms with Crippen molar-refractivity contribution in [3.8, 4) is 0 Å². The van der Waals surface area contributed by atoms with Crippen LogP contribution in [0.3, 0.4) is 0 Å². The van der Waals surface area contributed by atoms with Crippen LogP contribution in [0.25, 0.3) is 0 Å². The summed E-state index contributed by atoms with van der Waals surface area (Å²) in [5.41, 5.74) is 2.55. The molecule has 0 aliphatic rings. The van der Waals surface area contributed by atoms with Gasteiger partial charge in [-0.2, -0.15) is 5.10 Å². The van der Waals surface area contributed by atoms with Crippen LogP contribution in [-0.2, 0) is 19.9 Å². The molecule has 0 spiro atoms. The van der Waals surface area contributed by atoms with Gasteiger partial charge in [0.1, 0.15) is 0 Å². The Bertz CT molecular complexity index is 711. The number of aromatic nitrogens is 2. The number of rotatable bonds is 7. The SMILES string of the molecule is CN=C(NCCc1cnn(C)c1)NCC(C)(C)Cc1cccc(Cl)c1.I. The molecule has 0 atom stereocenters. The second-order valence-corrected chi connectivity index (χ2v) is 7.53. The number of guanidine groups is 1. The molecule has 0 bridgehead atoms. The highest BCUT2D eigenvalue weighted by atomic mass is 127. The zero-order valence-electron chi connectivity index (χ0n) is 15.9. The smallest absolute Gasteiger partial charge is 0.191 e. The van der Waals surface area contributed by atoms with Crippen LogP contribution in [0.1, 0.15) is 25.0 Å². The third-order valence-corrected chi connectivity index (χ3v) is 4.23. The van der Waals surface area contributed by atoms with E-state index in [0.29, 0.717) is 0 Å². The van der Waals surface area contributed by atoms with Gasteiger partial charge < -0.3 is 10.6 Å². The van der Waals surface area contributed by atoms with E-state index in [-0.39, 0.29) is 29.4 Å². The minimum absolute atomic E-state index is 0. The van der Waals surface area contributed by atoms with Crippen molar-refractivity contribution in [3.63, 3.8) is 0 Å². The molecule has 144 valence electrons. The molecule has 0 saturated carbocycles. The number of nitrogens with zero attached hydrogens (tertiary/aromatic N) is 3. The molecule has 2 N–H and O–H groups in total. The quantitative estimate of drug-likeness (QED) is 0.354. The number of hydrogen-bond acceptors (Lipinski definition) is 2. The zero-order chi connectivity index (χ0) is 18.3. The van der Waals surface area contributed by atoms with Crippen molar-refractivity contribution in [2.75, 3.05) is 20.1 Å². The van der Waals surface area contributed by atoms with Gasteiger partial charge in [-0.15, -0.1) is 24.0 Å². The van der Waals surface area contributed by atoms with E-state index in [4.69, 9.17) is 11.6 Å². The Morgan fingerprint density at radius 3 is 2.65 bits per heavy atom. The molecule has 2 aromatic rings. The fourth-order valence-corrected chi connectivity index (χ4v) is 2.94. The van der Waals surface area contributed by atoms with Gasteiger partial charge in [0.2, 0.25) is 0 Å². The summed E-state index contributed by atoms with van der Waals surface area (Å²) in [7, 11) is 3.72. The van der Waals surface area contributed by atoms with Gasteiger partial charge in [-0.3, -0.25) is 9.67 Å². The number of hydrogen-bond donors (Lipinski definition) is 2. The Balaban J connectivity index is 0.00000338. The van der Waals surface area contributed by atoms with Crippen LogP contribution in [0.2, 0.25) is 5.02 Å². The van der Waals surface area contributed by atoms with Crippen molar-refractivity contribution in [1.82, 2.24) is 20.4 Å². The molecule has 0 aliphatic carbocycles. The molecule has 1 heterocycles. The molecule has 1 aromatic heterocycles. The first-order valence-corrected chi connectivity index (χ1v) is 8.92. The number of nitrogens with one attached hydrogen (secondary N) is 2. The van der Waals surface area contributed by atoms with Gasteiger partial charge in [0.25, 0.3) is 0 Å². The summed E-state index contributed by atoms with van der Waals surface area (Å²) in [6, 6.07) is 8.06. The molecule has 0 saturated heterocycles. The maximum atomic E-state index is 6.08. The van der Waals surface area contributed by atoms with Gasteiger partial charge in [-0.1, -0.05) is 37.6 Å². The summed E-state index contributed by atoms with van der Waals surface area (Å²) in [6.45, 7) is 6.12. The Morgan fingerprint density at radius 2 is 2.04 bits per heavy atom. The highest BCUT2D eigenvalue weighted by molar-refractivity contribution is 14.0. The molecule has 2 rings (SSSR count). The van der Waals surface area contributed by atoms with E-state index >= 15 is 0 Å². The van der Waals surface area contributed by atoms with Crippen LogP contribution >= 0.6 is 35.6 Å². The first-order valence-electron chi connectivity index (χ1n) is 8.54. The molecule has 26 heavy (non-hydrogen) atoms. The number of aliphatic imine (C=N–C) groups is 1. The number of benzene rings is 1. The predicted octanol–water partition coefficient (Wildman–Crippen LogP) is 3.67. The fourth-order valence-electron chi connectivity index (χ4n) is 2.73. The monoisotopic (exact) mass is 489 g/mol. The summed E-state index contributed by atoms with van der Waals surface area (Å²) in [5.74, 6) is 0.822. The zero-order valence-corrected chi connectivity index (χ0v) is 19.0. The van der Waals surface area contributed by atoms with Crippen LogP contribution in [-0.4, -0.2) is 35.9 Å². The lowest BCUT2D eigenvalue weighted by molar-refractivity contribution is 0.359. The average molecular weight is 490 g/mol. The third kappa shape index (κ3) is 7.95. The van der Waals surface area contributed by atoms with Gasteiger partial charge in [-0.25, -0.2) is 0 Å². The largest absolute Gasteiger partial charge is 0.356 e. The number of aryl methyl sites for hydroxylation is 1. The number of halogens is 2. The van der Waals surface area contributed by atoms with Gasteiger partial charge >= 0.3 is 0 Å². The van der Waals surface area contributed by atoms with Gasteiger partial charge in [0.05, 0.1) is 6.20 Å². The molecule has 0 aliphatic heterocycles. The van der Waals surface area contributed by atoms with Crippen molar-refractivity contribution in [3.05, 3.63) is 52.8 Å². The molecule has 7 heteroatoms. The van der Waals surface area contributed by atoms with E-state index in [2.05, 4.69) is 40.6 Å². The summed E-state index contributed by atoms with van der Waals surface area (Å²) >= 11 is 6.08. The van der Waals surface area contributed by atoms with E-state index in [1.165, 1.54) is 11.1 Å². The highest BCUT2D eigenvalue weighted by Crippen LogP contribution is 2.22. The Hall–Kier alpha value is -1.28. The molecule has 0 fully saturated rings. The van der Waals surface area contributed by atoms with Gasteiger partial charge in [0.15, 0.2) is 5.96 Å². The minimum atomic E-state index is 0. The maximum absolute atomic E-state index is 6.08. The van der Waals surface area contributed by atoms with Crippen molar-refractivity contribution >= 4 is 41.5 Å². The summed E-state index contributed by atoms with van der Waals surface area (Å²) < 4.78 is 1.82. The molecule has 0 radical (unpaired) electrons. The Morgan fingerprint density at radius 1 is 1.27 bits per heavy atom. The summed E-state index contributed by atoms with van der Waals surface area (Å²) in [6.07, 6.45) is 5.80. The van der Waals surface area contributed by atoms with Crippen LogP contribution in [0.15, 0.2) is 41.7 Å². The van der Waals surface area contributed by atoms with E-state index in [9.17, 15) is 0 Å². The lowest BCUT2D eigenvalue weighted by Crippen LogP contribution is -2.43. The Kier molecular flexibility index (Phi) is 9.43. The topological polar surface area (TPSA) is 54.2 Å². The Labute approximate surface area is 178 Å². The van der Waals surface area contributed by atoms with Gasteiger partial charge in [0, 0.05) is 38.4 Å². The molecule has 0 amide bonds. The molecular weight excluding hydrogens is 461 g/mol. The predicted molar refractivity (Wildman–Crippen MR) is 121 cm³/mol. The van der Waals surface area contributed by atoms with Gasteiger partial charge in [-0.05, 0) is 41.5 Å². The van der Waals surface area contributed by atoms with Crippen LogP contribution in [0.4, 0.5) is 0 Å². The minimum Gasteiger partial charge on any atom is -0.356 e. The average Bonchev–Trinajstić information content (AvgIpc) is 2.95. The van der Waals surface area contributed by atoms with Crippen LogP contribution in [0.5, 0.6) is 0 Å². The molecule has 5 nitrogen and oxygen atoms in total. The van der Waals surface area contributed by atoms with E-state index in [1.807, 2.05) is 42.3 Å². The second kappa shape index (κ2) is 10.8. The van der Waals surface area contributed by atoms with Crippen LogP contribution in [0, 0.1) is 5.41 Å². The third-order valence-electron chi connectivity index (χ3n) is 3.99. The summed E-state index contributed by atoms with van der Waals surface area (Å²) in [4.78, 5) is 4.30. The van der Waals surface area contributed by atoms with Crippen molar-refractivity contribution < 1.29 is 0 Å². The molecule has 0 unspecified atom stereocenters. The maximum Gasteiger partial charge on any atom is 0.191 e. The summed E-state index contributed by atoms with van der Waals surface area (Å²) in [5, 5.41) is 11.7.